The lowest BCUT2D eigenvalue weighted by Gasteiger charge is -2.05. The number of hydrogen-bond donors (Lipinski definition) is 2. The number of hydrogen-bond acceptors (Lipinski definition) is 6. The van der Waals surface area contributed by atoms with Crippen molar-refractivity contribution in [3.8, 4) is 17.0 Å². The summed E-state index contributed by atoms with van der Waals surface area (Å²) in [4.78, 5) is 28.5. The van der Waals surface area contributed by atoms with Crippen molar-refractivity contribution in [1.82, 2.24) is 4.98 Å². The van der Waals surface area contributed by atoms with Gasteiger partial charge in [0.15, 0.2) is 5.13 Å². The summed E-state index contributed by atoms with van der Waals surface area (Å²) in [5, 5.41) is 7.32. The lowest BCUT2D eigenvalue weighted by atomic mass is 10.1. The molecule has 0 unspecified atom stereocenters. The standard InChI is InChI=1S/C20H18FN3O3S2/c1-12(25)22-13-3-8-16(17(21)9-13)18-10-29-20(23-18)24-19(26)11-28-15-6-4-14(27-2)5-7-15/h3-10H,11H2,1-2H3,(H,22,25)(H,23,24,26). The van der Waals surface area contributed by atoms with Gasteiger partial charge in [-0.2, -0.15) is 0 Å². The number of halogens is 1. The number of carbonyl (C=O) groups is 2. The minimum absolute atomic E-state index is 0.201. The maximum Gasteiger partial charge on any atom is 0.236 e. The fourth-order valence-corrected chi connectivity index (χ4v) is 3.86. The van der Waals surface area contributed by atoms with E-state index in [9.17, 15) is 14.0 Å². The Morgan fingerprint density at radius 3 is 2.59 bits per heavy atom. The lowest BCUT2D eigenvalue weighted by molar-refractivity contribution is -0.114. The second-order valence-corrected chi connectivity index (χ2v) is 7.83. The van der Waals surface area contributed by atoms with Crippen LogP contribution >= 0.6 is 23.1 Å². The van der Waals surface area contributed by atoms with Gasteiger partial charge >= 0.3 is 0 Å². The molecule has 2 amide bonds. The number of methoxy groups -OCH3 is 1. The van der Waals surface area contributed by atoms with Crippen molar-refractivity contribution in [1.29, 1.82) is 0 Å². The number of anilines is 2. The average Bonchev–Trinajstić information content (AvgIpc) is 3.14. The summed E-state index contributed by atoms with van der Waals surface area (Å²) in [5.41, 5.74) is 1.08. The van der Waals surface area contributed by atoms with Crippen LogP contribution in [0.2, 0.25) is 0 Å². The number of benzene rings is 2. The Morgan fingerprint density at radius 2 is 1.93 bits per heavy atom. The summed E-state index contributed by atoms with van der Waals surface area (Å²) < 4.78 is 19.4. The van der Waals surface area contributed by atoms with Crippen LogP contribution in [0.25, 0.3) is 11.3 Å². The molecule has 9 heteroatoms. The number of carbonyl (C=O) groups excluding carboxylic acids is 2. The van der Waals surface area contributed by atoms with Gasteiger partial charge in [0.2, 0.25) is 11.8 Å². The van der Waals surface area contributed by atoms with Gasteiger partial charge in [0.25, 0.3) is 0 Å². The molecule has 3 rings (SSSR count). The molecule has 0 aliphatic heterocycles. The number of thioether (sulfide) groups is 1. The van der Waals surface area contributed by atoms with Crippen LogP contribution in [-0.4, -0.2) is 29.7 Å². The van der Waals surface area contributed by atoms with Crippen molar-refractivity contribution in [2.75, 3.05) is 23.5 Å². The van der Waals surface area contributed by atoms with Gasteiger partial charge in [-0.3, -0.25) is 9.59 Å². The van der Waals surface area contributed by atoms with Gasteiger partial charge in [-0.1, -0.05) is 0 Å². The van der Waals surface area contributed by atoms with Gasteiger partial charge in [0.1, 0.15) is 11.6 Å². The van der Waals surface area contributed by atoms with E-state index >= 15 is 0 Å². The summed E-state index contributed by atoms with van der Waals surface area (Å²) in [7, 11) is 1.60. The predicted octanol–water partition coefficient (Wildman–Crippen LogP) is 4.65. The minimum Gasteiger partial charge on any atom is -0.497 e. The highest BCUT2D eigenvalue weighted by molar-refractivity contribution is 8.00. The van der Waals surface area contributed by atoms with Gasteiger partial charge in [-0.15, -0.1) is 23.1 Å². The highest BCUT2D eigenvalue weighted by Gasteiger charge is 2.12. The summed E-state index contributed by atoms with van der Waals surface area (Å²) >= 11 is 2.61. The topological polar surface area (TPSA) is 80.3 Å². The zero-order chi connectivity index (χ0) is 20.8. The number of rotatable bonds is 7. The second kappa shape index (κ2) is 9.53. The molecule has 0 saturated heterocycles. The van der Waals surface area contributed by atoms with Crippen LogP contribution in [0.4, 0.5) is 15.2 Å². The summed E-state index contributed by atoms with van der Waals surface area (Å²) in [6.45, 7) is 1.36. The van der Waals surface area contributed by atoms with E-state index in [1.165, 1.54) is 36.1 Å². The largest absolute Gasteiger partial charge is 0.497 e. The molecule has 150 valence electrons. The van der Waals surface area contributed by atoms with Crippen molar-refractivity contribution in [3.63, 3.8) is 0 Å². The Kier molecular flexibility index (Phi) is 6.84. The first kappa shape index (κ1) is 20.8. The Hall–Kier alpha value is -2.91. The van der Waals surface area contributed by atoms with Crippen LogP contribution < -0.4 is 15.4 Å². The molecule has 6 nitrogen and oxygen atoms in total. The molecule has 0 bridgehead atoms. The molecule has 2 aromatic carbocycles. The highest BCUT2D eigenvalue weighted by Crippen LogP contribution is 2.29. The van der Waals surface area contributed by atoms with Crippen molar-refractivity contribution in [3.05, 3.63) is 53.7 Å². The molecule has 0 aliphatic carbocycles. The van der Waals surface area contributed by atoms with Crippen molar-refractivity contribution in [2.24, 2.45) is 0 Å². The Balaban J connectivity index is 1.59. The zero-order valence-electron chi connectivity index (χ0n) is 15.7. The van der Waals surface area contributed by atoms with Gasteiger partial charge in [0, 0.05) is 28.5 Å². The Bertz CT molecular complexity index is 1020. The highest BCUT2D eigenvalue weighted by atomic mass is 32.2. The maximum atomic E-state index is 14.3. The molecular formula is C20H18FN3O3S2. The van der Waals surface area contributed by atoms with E-state index < -0.39 is 5.82 Å². The first-order valence-electron chi connectivity index (χ1n) is 8.54. The number of nitrogens with zero attached hydrogens (tertiary/aromatic N) is 1. The van der Waals surface area contributed by atoms with E-state index in [1.54, 1.807) is 24.6 Å². The van der Waals surface area contributed by atoms with Crippen molar-refractivity contribution in [2.45, 2.75) is 11.8 Å². The molecule has 0 spiro atoms. The maximum absolute atomic E-state index is 14.3. The molecule has 1 heterocycles. The molecule has 0 aliphatic rings. The van der Waals surface area contributed by atoms with E-state index in [1.807, 2.05) is 24.3 Å². The fourth-order valence-electron chi connectivity index (χ4n) is 2.43. The van der Waals surface area contributed by atoms with Crippen LogP contribution in [0.3, 0.4) is 0 Å². The van der Waals surface area contributed by atoms with Crippen molar-refractivity contribution >= 4 is 45.7 Å². The molecule has 0 atom stereocenters. The molecule has 0 fully saturated rings. The first-order valence-corrected chi connectivity index (χ1v) is 10.4. The van der Waals surface area contributed by atoms with Crippen LogP contribution in [0.15, 0.2) is 52.7 Å². The number of aromatic nitrogens is 1. The van der Waals surface area contributed by atoms with Crippen molar-refractivity contribution < 1.29 is 18.7 Å². The smallest absolute Gasteiger partial charge is 0.236 e. The molecule has 3 aromatic rings. The third kappa shape index (κ3) is 5.78. The monoisotopic (exact) mass is 431 g/mol. The van der Waals surface area contributed by atoms with Gasteiger partial charge in [0.05, 0.1) is 18.6 Å². The van der Waals surface area contributed by atoms with E-state index in [0.717, 1.165) is 10.6 Å². The average molecular weight is 432 g/mol. The van der Waals surface area contributed by atoms with Crippen LogP contribution in [0.5, 0.6) is 5.75 Å². The minimum atomic E-state index is -0.505. The molecule has 0 radical (unpaired) electrons. The van der Waals surface area contributed by atoms with E-state index in [0.29, 0.717) is 22.1 Å². The van der Waals surface area contributed by atoms with Crippen LogP contribution in [0.1, 0.15) is 6.92 Å². The molecule has 29 heavy (non-hydrogen) atoms. The zero-order valence-corrected chi connectivity index (χ0v) is 17.3. The Morgan fingerprint density at radius 1 is 1.17 bits per heavy atom. The van der Waals surface area contributed by atoms with Gasteiger partial charge in [-0.25, -0.2) is 9.37 Å². The second-order valence-electron chi connectivity index (χ2n) is 5.93. The summed E-state index contributed by atoms with van der Waals surface area (Å²) in [6.07, 6.45) is 0. The first-order chi connectivity index (χ1) is 13.9. The molecule has 1 aromatic heterocycles. The molecule has 0 saturated carbocycles. The molecular weight excluding hydrogens is 413 g/mol. The number of nitrogens with one attached hydrogen (secondary N) is 2. The predicted molar refractivity (Wildman–Crippen MR) is 114 cm³/mol. The number of amides is 2. The Labute approximate surface area is 175 Å². The third-order valence-electron chi connectivity index (χ3n) is 3.75. The normalized spacial score (nSPS) is 10.4. The lowest BCUT2D eigenvalue weighted by Crippen LogP contribution is -2.13. The van der Waals surface area contributed by atoms with E-state index in [2.05, 4.69) is 15.6 Å². The van der Waals surface area contributed by atoms with Gasteiger partial charge < -0.3 is 15.4 Å². The fraction of sp³-hybridized carbons (Fsp3) is 0.150. The number of thiazole rings is 1. The van der Waals surface area contributed by atoms with E-state index in [-0.39, 0.29) is 17.6 Å². The number of ether oxygens (including phenoxy) is 1. The summed E-state index contributed by atoms with van der Waals surface area (Å²) in [5.74, 6) is -0.00135. The van der Waals surface area contributed by atoms with Crippen LogP contribution in [-0.2, 0) is 9.59 Å². The summed E-state index contributed by atoms with van der Waals surface area (Å²) in [6, 6.07) is 11.8. The quantitative estimate of drug-likeness (QED) is 0.533. The SMILES string of the molecule is COc1ccc(SCC(=O)Nc2nc(-c3ccc(NC(C)=O)cc3F)cs2)cc1. The van der Waals surface area contributed by atoms with Crippen LogP contribution in [0, 0.1) is 5.82 Å². The van der Waals surface area contributed by atoms with Gasteiger partial charge in [-0.05, 0) is 42.5 Å². The molecule has 2 N–H and O–H groups in total. The van der Waals surface area contributed by atoms with E-state index in [4.69, 9.17) is 4.74 Å². The third-order valence-corrected chi connectivity index (χ3v) is 5.52.